The lowest BCUT2D eigenvalue weighted by molar-refractivity contribution is 0.725. The fraction of sp³-hybridized carbons (Fsp3) is 0.111. The lowest BCUT2D eigenvalue weighted by atomic mass is 10.1. The number of benzene rings is 2. The SMILES string of the molecule is Nc1ccc2nc3n(c(=O)c2c1)CC/C3=C\c1ccccc1. The minimum atomic E-state index is -0.0104. The molecule has 1 aromatic heterocycles. The van der Waals surface area contributed by atoms with E-state index in [0.29, 0.717) is 23.1 Å². The van der Waals surface area contributed by atoms with Crippen LogP contribution in [0.25, 0.3) is 22.6 Å². The van der Waals surface area contributed by atoms with Crippen molar-refractivity contribution in [3.63, 3.8) is 0 Å². The zero-order chi connectivity index (χ0) is 15.1. The van der Waals surface area contributed by atoms with E-state index < -0.39 is 0 Å². The first-order chi connectivity index (χ1) is 10.7. The Hall–Kier alpha value is -2.88. The number of anilines is 1. The van der Waals surface area contributed by atoms with Crippen molar-refractivity contribution in [3.8, 4) is 0 Å². The third-order valence-electron chi connectivity index (χ3n) is 4.01. The van der Waals surface area contributed by atoms with Gasteiger partial charge in [-0.3, -0.25) is 9.36 Å². The van der Waals surface area contributed by atoms with Crippen molar-refractivity contribution in [1.82, 2.24) is 9.55 Å². The van der Waals surface area contributed by atoms with Gasteiger partial charge >= 0.3 is 0 Å². The van der Waals surface area contributed by atoms with E-state index in [1.54, 1.807) is 16.7 Å². The van der Waals surface area contributed by atoms with Gasteiger partial charge in [0.15, 0.2) is 0 Å². The first kappa shape index (κ1) is 12.8. The van der Waals surface area contributed by atoms with Crippen molar-refractivity contribution in [2.75, 3.05) is 5.73 Å². The molecule has 0 radical (unpaired) electrons. The van der Waals surface area contributed by atoms with Crippen LogP contribution in [0.1, 0.15) is 17.8 Å². The normalized spacial score (nSPS) is 15.4. The number of nitrogens with zero attached hydrogens (tertiary/aromatic N) is 2. The zero-order valence-corrected chi connectivity index (χ0v) is 12.0. The predicted molar refractivity (Wildman–Crippen MR) is 89.3 cm³/mol. The number of hydrogen-bond donors (Lipinski definition) is 1. The molecular formula is C18H15N3O. The Labute approximate surface area is 127 Å². The maximum absolute atomic E-state index is 12.6. The lowest BCUT2D eigenvalue weighted by Crippen LogP contribution is -2.20. The predicted octanol–water partition coefficient (Wildman–Crippen LogP) is 2.92. The summed E-state index contributed by atoms with van der Waals surface area (Å²) in [6.07, 6.45) is 2.93. The van der Waals surface area contributed by atoms with Crippen LogP contribution in [-0.4, -0.2) is 9.55 Å². The molecule has 1 aliphatic rings. The Balaban J connectivity index is 1.92. The van der Waals surface area contributed by atoms with Crippen molar-refractivity contribution in [3.05, 3.63) is 70.3 Å². The van der Waals surface area contributed by atoms with Gasteiger partial charge in [-0.2, -0.15) is 0 Å². The summed E-state index contributed by atoms with van der Waals surface area (Å²) in [5.41, 5.74) is 9.28. The van der Waals surface area contributed by atoms with E-state index in [1.807, 2.05) is 24.3 Å². The smallest absolute Gasteiger partial charge is 0.261 e. The van der Waals surface area contributed by atoms with Gasteiger partial charge in [0, 0.05) is 12.2 Å². The van der Waals surface area contributed by atoms with Crippen LogP contribution < -0.4 is 11.3 Å². The Morgan fingerprint density at radius 1 is 1.14 bits per heavy atom. The number of rotatable bonds is 1. The fourth-order valence-electron chi connectivity index (χ4n) is 2.92. The van der Waals surface area contributed by atoms with Gasteiger partial charge in [0.1, 0.15) is 5.82 Å². The Kier molecular flexibility index (Phi) is 2.82. The van der Waals surface area contributed by atoms with Gasteiger partial charge in [0.25, 0.3) is 5.56 Å². The molecule has 2 heterocycles. The van der Waals surface area contributed by atoms with E-state index in [4.69, 9.17) is 5.73 Å². The molecule has 0 saturated carbocycles. The van der Waals surface area contributed by atoms with Gasteiger partial charge in [-0.1, -0.05) is 30.3 Å². The molecule has 0 unspecified atom stereocenters. The molecule has 2 aromatic carbocycles. The first-order valence-corrected chi connectivity index (χ1v) is 7.28. The van der Waals surface area contributed by atoms with Crippen LogP contribution in [0.15, 0.2) is 53.3 Å². The molecule has 4 heteroatoms. The van der Waals surface area contributed by atoms with Crippen molar-refractivity contribution < 1.29 is 0 Å². The molecule has 108 valence electrons. The minimum Gasteiger partial charge on any atom is -0.399 e. The van der Waals surface area contributed by atoms with Gasteiger partial charge in [-0.05, 0) is 41.8 Å². The summed E-state index contributed by atoms with van der Waals surface area (Å²) in [7, 11) is 0. The second kappa shape index (κ2) is 4.84. The lowest BCUT2D eigenvalue weighted by Gasteiger charge is -2.06. The van der Waals surface area contributed by atoms with Crippen molar-refractivity contribution >= 4 is 28.2 Å². The monoisotopic (exact) mass is 289 g/mol. The molecule has 22 heavy (non-hydrogen) atoms. The summed E-state index contributed by atoms with van der Waals surface area (Å²) in [5, 5.41) is 0.588. The molecule has 0 spiro atoms. The molecule has 0 amide bonds. The standard InChI is InChI=1S/C18H15N3O/c19-14-6-7-16-15(11-14)18(22)21-9-8-13(17(21)20-16)10-12-4-2-1-3-5-12/h1-7,10-11H,8-9,19H2/b13-10+. The number of allylic oxidation sites excluding steroid dienone is 1. The third-order valence-corrected chi connectivity index (χ3v) is 4.01. The number of fused-ring (bicyclic) bond motifs is 2. The molecule has 0 saturated heterocycles. The second-order valence-electron chi connectivity index (χ2n) is 5.50. The number of aromatic nitrogens is 2. The van der Waals surface area contributed by atoms with Crippen LogP contribution in [0, 0.1) is 0 Å². The van der Waals surface area contributed by atoms with Crippen LogP contribution in [0.3, 0.4) is 0 Å². The molecule has 0 aliphatic carbocycles. The topological polar surface area (TPSA) is 60.9 Å². The van der Waals surface area contributed by atoms with Crippen LogP contribution in [0.4, 0.5) is 5.69 Å². The molecule has 3 aromatic rings. The van der Waals surface area contributed by atoms with E-state index in [-0.39, 0.29) is 5.56 Å². The van der Waals surface area contributed by atoms with Gasteiger partial charge in [0.05, 0.1) is 10.9 Å². The number of nitrogens with two attached hydrogens (primary N) is 1. The van der Waals surface area contributed by atoms with Gasteiger partial charge in [0.2, 0.25) is 0 Å². The zero-order valence-electron chi connectivity index (χ0n) is 12.0. The van der Waals surface area contributed by atoms with Crippen LogP contribution >= 0.6 is 0 Å². The summed E-state index contributed by atoms with van der Waals surface area (Å²) in [6, 6.07) is 15.4. The van der Waals surface area contributed by atoms with Crippen LogP contribution in [0.5, 0.6) is 0 Å². The maximum atomic E-state index is 12.6. The molecule has 2 N–H and O–H groups in total. The van der Waals surface area contributed by atoms with E-state index in [2.05, 4.69) is 23.2 Å². The van der Waals surface area contributed by atoms with E-state index in [1.165, 1.54) is 0 Å². The highest BCUT2D eigenvalue weighted by Gasteiger charge is 2.20. The van der Waals surface area contributed by atoms with Gasteiger partial charge in [-0.25, -0.2) is 4.98 Å². The fourth-order valence-corrected chi connectivity index (χ4v) is 2.92. The third kappa shape index (κ3) is 2.00. The van der Waals surface area contributed by atoms with Gasteiger partial charge < -0.3 is 5.73 Å². The minimum absolute atomic E-state index is 0.0104. The summed E-state index contributed by atoms with van der Waals surface area (Å²) in [4.78, 5) is 17.3. The molecule has 1 aliphatic heterocycles. The van der Waals surface area contributed by atoms with Gasteiger partial charge in [-0.15, -0.1) is 0 Å². The number of hydrogen-bond acceptors (Lipinski definition) is 3. The Morgan fingerprint density at radius 2 is 1.95 bits per heavy atom. The van der Waals surface area contributed by atoms with E-state index in [0.717, 1.165) is 23.4 Å². The molecule has 4 rings (SSSR count). The maximum Gasteiger partial charge on any atom is 0.261 e. The molecular weight excluding hydrogens is 274 g/mol. The summed E-state index contributed by atoms with van der Waals surface area (Å²) < 4.78 is 1.75. The largest absolute Gasteiger partial charge is 0.399 e. The average molecular weight is 289 g/mol. The summed E-state index contributed by atoms with van der Waals surface area (Å²) in [6.45, 7) is 0.671. The highest BCUT2D eigenvalue weighted by molar-refractivity contribution is 5.86. The number of nitrogen functional groups attached to an aromatic ring is 1. The Morgan fingerprint density at radius 3 is 2.77 bits per heavy atom. The Bertz CT molecular complexity index is 955. The first-order valence-electron chi connectivity index (χ1n) is 7.28. The van der Waals surface area contributed by atoms with Crippen molar-refractivity contribution in [2.24, 2.45) is 0 Å². The molecule has 4 nitrogen and oxygen atoms in total. The highest BCUT2D eigenvalue weighted by Crippen LogP contribution is 2.27. The van der Waals surface area contributed by atoms with E-state index >= 15 is 0 Å². The average Bonchev–Trinajstić information content (AvgIpc) is 2.93. The van der Waals surface area contributed by atoms with E-state index in [9.17, 15) is 4.79 Å². The van der Waals surface area contributed by atoms with Crippen LogP contribution in [-0.2, 0) is 6.54 Å². The molecule has 0 atom stereocenters. The summed E-state index contributed by atoms with van der Waals surface area (Å²) in [5.74, 6) is 0.770. The van der Waals surface area contributed by atoms with Crippen LogP contribution in [0.2, 0.25) is 0 Å². The highest BCUT2D eigenvalue weighted by atomic mass is 16.1. The molecule has 0 fully saturated rings. The second-order valence-corrected chi connectivity index (χ2v) is 5.50. The summed E-state index contributed by atoms with van der Waals surface area (Å²) >= 11 is 0. The van der Waals surface area contributed by atoms with Crippen molar-refractivity contribution in [2.45, 2.75) is 13.0 Å². The quantitative estimate of drug-likeness (QED) is 0.701. The molecule has 0 bridgehead atoms. The van der Waals surface area contributed by atoms with Crippen molar-refractivity contribution in [1.29, 1.82) is 0 Å².